The highest BCUT2D eigenvalue weighted by molar-refractivity contribution is 7.09. The highest BCUT2D eigenvalue weighted by Crippen LogP contribution is 2.26. The molecule has 138 valence electrons. The monoisotopic (exact) mass is 387 g/mol. The summed E-state index contributed by atoms with van der Waals surface area (Å²) in [5, 5.41) is 17.9. The summed E-state index contributed by atoms with van der Waals surface area (Å²) >= 11 is 1.44. The lowest BCUT2D eigenvalue weighted by molar-refractivity contribution is 0.624. The van der Waals surface area contributed by atoms with Gasteiger partial charge in [0, 0.05) is 11.6 Å². The van der Waals surface area contributed by atoms with Gasteiger partial charge in [0.25, 0.3) is 0 Å². The van der Waals surface area contributed by atoms with Gasteiger partial charge in [-0.3, -0.25) is 4.98 Å². The zero-order chi connectivity index (χ0) is 19.1. The minimum atomic E-state index is -0.148. The molecule has 4 aromatic heterocycles. The normalized spacial score (nSPS) is 12.6. The van der Waals surface area contributed by atoms with Gasteiger partial charge in [-0.15, -0.1) is 10.2 Å². The van der Waals surface area contributed by atoms with Crippen LogP contribution in [-0.4, -0.2) is 36.2 Å². The molecule has 0 fully saturated rings. The molecule has 0 aliphatic carbocycles. The number of aryl methyl sites for hydroxylation is 1. The maximum atomic E-state index is 4.79. The number of aromatic nitrogens is 6. The van der Waals surface area contributed by atoms with Gasteiger partial charge in [-0.1, -0.05) is 12.1 Å². The van der Waals surface area contributed by atoms with Crippen molar-refractivity contribution in [3.05, 3.63) is 71.8 Å². The first-order valence-corrected chi connectivity index (χ1v) is 9.68. The maximum absolute atomic E-state index is 4.79. The van der Waals surface area contributed by atoms with Crippen molar-refractivity contribution in [3.8, 4) is 10.6 Å². The van der Waals surface area contributed by atoms with Gasteiger partial charge in [-0.25, -0.2) is 0 Å². The Morgan fingerprint density at radius 2 is 2.00 bits per heavy atom. The summed E-state index contributed by atoms with van der Waals surface area (Å²) < 4.78 is 6.16. The van der Waals surface area contributed by atoms with Crippen LogP contribution in [0.4, 0.5) is 0 Å². The topological polar surface area (TPSA) is 80.9 Å². The fourth-order valence-corrected chi connectivity index (χ4v) is 4.04. The van der Waals surface area contributed by atoms with Gasteiger partial charge in [0.2, 0.25) is 0 Å². The zero-order valence-electron chi connectivity index (χ0n) is 15.4. The fraction of sp³-hybridized carbons (Fsp3) is 0.150. The van der Waals surface area contributed by atoms with Crippen molar-refractivity contribution < 1.29 is 0 Å². The van der Waals surface area contributed by atoms with Crippen LogP contribution in [-0.2, 0) is 0 Å². The van der Waals surface area contributed by atoms with Crippen molar-refractivity contribution in [1.29, 1.82) is 0 Å². The predicted molar refractivity (Wildman–Crippen MR) is 109 cm³/mol. The first-order valence-electron chi connectivity index (χ1n) is 8.91. The first kappa shape index (κ1) is 16.9. The molecule has 0 saturated heterocycles. The van der Waals surface area contributed by atoms with E-state index in [1.807, 2.05) is 44.3 Å². The predicted octanol–water partition coefficient (Wildman–Crippen LogP) is 3.41. The molecule has 1 unspecified atom stereocenters. The van der Waals surface area contributed by atoms with Gasteiger partial charge in [0.05, 0.1) is 22.1 Å². The number of hydrogen-bond acceptors (Lipinski definition) is 7. The van der Waals surface area contributed by atoms with E-state index in [9.17, 15) is 0 Å². The summed E-state index contributed by atoms with van der Waals surface area (Å²) in [6, 6.07) is 16.0. The van der Waals surface area contributed by atoms with E-state index in [0.717, 1.165) is 38.6 Å². The Labute approximate surface area is 165 Å². The molecule has 0 radical (unpaired) electrons. The minimum Gasteiger partial charge on any atom is -0.307 e. The van der Waals surface area contributed by atoms with Crippen molar-refractivity contribution in [2.24, 2.45) is 0 Å². The van der Waals surface area contributed by atoms with Crippen LogP contribution in [0.2, 0.25) is 0 Å². The van der Waals surface area contributed by atoms with Crippen molar-refractivity contribution in [1.82, 2.24) is 34.5 Å². The molecule has 0 aliphatic rings. The number of fused-ring (bicyclic) bond motifs is 2. The summed E-state index contributed by atoms with van der Waals surface area (Å²) in [5.74, 6) is 0.740. The van der Waals surface area contributed by atoms with Crippen LogP contribution in [0, 0.1) is 6.92 Å². The van der Waals surface area contributed by atoms with E-state index >= 15 is 0 Å². The number of pyridine rings is 1. The largest absolute Gasteiger partial charge is 0.307 e. The summed E-state index contributed by atoms with van der Waals surface area (Å²) in [4.78, 5) is 5.42. The van der Waals surface area contributed by atoms with Crippen LogP contribution in [0.5, 0.6) is 0 Å². The van der Waals surface area contributed by atoms with Crippen LogP contribution in [0.3, 0.4) is 0 Å². The van der Waals surface area contributed by atoms with E-state index in [-0.39, 0.29) is 6.04 Å². The quantitative estimate of drug-likeness (QED) is 0.509. The number of nitrogens with one attached hydrogen (secondary N) is 1. The van der Waals surface area contributed by atoms with Gasteiger partial charge in [0.15, 0.2) is 11.5 Å². The van der Waals surface area contributed by atoms with E-state index in [4.69, 9.17) is 5.10 Å². The first-order chi connectivity index (χ1) is 13.7. The number of nitrogens with zero attached hydrogens (tertiary/aromatic N) is 6. The van der Waals surface area contributed by atoms with Gasteiger partial charge in [-0.2, -0.15) is 14.0 Å². The third-order valence-electron chi connectivity index (χ3n) is 4.67. The van der Waals surface area contributed by atoms with Gasteiger partial charge < -0.3 is 5.32 Å². The van der Waals surface area contributed by atoms with Crippen LogP contribution in [0.25, 0.3) is 27.1 Å². The Morgan fingerprint density at radius 1 is 1.07 bits per heavy atom. The molecule has 5 rings (SSSR count). The molecule has 28 heavy (non-hydrogen) atoms. The molecule has 1 N–H and O–H groups in total. The molecule has 0 aliphatic heterocycles. The highest BCUT2D eigenvalue weighted by Gasteiger charge is 2.20. The summed E-state index contributed by atoms with van der Waals surface area (Å²) in [6.45, 7) is 1.98. The van der Waals surface area contributed by atoms with Crippen LogP contribution in [0.1, 0.15) is 23.1 Å². The number of hydrogen-bond donors (Lipinski definition) is 1. The second-order valence-electron chi connectivity index (χ2n) is 6.56. The molecule has 0 spiro atoms. The number of benzene rings is 1. The van der Waals surface area contributed by atoms with Crippen molar-refractivity contribution in [3.63, 3.8) is 0 Å². The minimum absolute atomic E-state index is 0.148. The Balaban J connectivity index is 1.63. The molecule has 7 nitrogen and oxygen atoms in total. The Hall–Kier alpha value is -3.23. The van der Waals surface area contributed by atoms with Crippen LogP contribution < -0.4 is 5.32 Å². The van der Waals surface area contributed by atoms with Crippen LogP contribution in [0.15, 0.2) is 54.7 Å². The lowest BCUT2D eigenvalue weighted by Crippen LogP contribution is -2.21. The highest BCUT2D eigenvalue weighted by atomic mass is 32.1. The second kappa shape index (κ2) is 6.74. The molecule has 1 atom stereocenters. The summed E-state index contributed by atoms with van der Waals surface area (Å²) in [5.41, 5.74) is 4.61. The smallest absolute Gasteiger partial charge is 0.178 e. The second-order valence-corrected chi connectivity index (χ2v) is 7.36. The van der Waals surface area contributed by atoms with E-state index in [0.29, 0.717) is 5.65 Å². The van der Waals surface area contributed by atoms with Crippen molar-refractivity contribution in [2.45, 2.75) is 13.0 Å². The molecule has 1 aromatic carbocycles. The molecule has 0 amide bonds. The average Bonchev–Trinajstić information content (AvgIpc) is 3.35. The standard InChI is InChI=1S/C20H17N7S/c1-12-10-17(28-26-12)16-7-8-18-23-24-20(27(18)25-16)19(21-2)14-5-6-15-13(11-14)4-3-9-22-15/h3-11,19,21H,1-2H3. The van der Waals surface area contributed by atoms with Gasteiger partial charge in [0.1, 0.15) is 5.69 Å². The van der Waals surface area contributed by atoms with E-state index < -0.39 is 0 Å². The molecule has 5 aromatic rings. The third kappa shape index (κ3) is 2.83. The molecule has 8 heteroatoms. The Morgan fingerprint density at radius 3 is 2.82 bits per heavy atom. The lowest BCUT2D eigenvalue weighted by atomic mass is 10.0. The average molecular weight is 387 g/mol. The van der Waals surface area contributed by atoms with Crippen molar-refractivity contribution in [2.75, 3.05) is 7.05 Å². The molecule has 4 heterocycles. The zero-order valence-corrected chi connectivity index (χ0v) is 16.2. The number of rotatable bonds is 4. The molecule has 0 saturated carbocycles. The van der Waals surface area contributed by atoms with Crippen LogP contribution >= 0.6 is 11.5 Å². The van der Waals surface area contributed by atoms with Gasteiger partial charge in [-0.05, 0) is 67.5 Å². The van der Waals surface area contributed by atoms with Crippen molar-refractivity contribution >= 4 is 28.1 Å². The molecule has 0 bridgehead atoms. The van der Waals surface area contributed by atoms with E-state index in [1.165, 1.54) is 11.5 Å². The SMILES string of the molecule is CNC(c1ccc2ncccc2c1)c1nnc2ccc(-c3cc(C)ns3)nn12. The fourth-order valence-electron chi connectivity index (χ4n) is 3.32. The van der Waals surface area contributed by atoms with Gasteiger partial charge >= 0.3 is 0 Å². The lowest BCUT2D eigenvalue weighted by Gasteiger charge is -2.15. The molecular weight excluding hydrogens is 370 g/mol. The Kier molecular flexibility index (Phi) is 4.07. The summed E-state index contributed by atoms with van der Waals surface area (Å²) in [7, 11) is 1.91. The third-order valence-corrected chi connectivity index (χ3v) is 5.58. The van der Waals surface area contributed by atoms with E-state index in [2.05, 4.69) is 43.1 Å². The molecular formula is C20H17N7S. The maximum Gasteiger partial charge on any atom is 0.178 e. The Bertz CT molecular complexity index is 1290. The van der Waals surface area contributed by atoms with E-state index in [1.54, 1.807) is 10.7 Å². The summed E-state index contributed by atoms with van der Waals surface area (Å²) in [6.07, 6.45) is 1.80.